The van der Waals surface area contributed by atoms with Gasteiger partial charge in [0.2, 0.25) is 5.95 Å². The van der Waals surface area contributed by atoms with Crippen molar-refractivity contribution in [1.29, 1.82) is 0 Å². The average molecular weight is 393 g/mol. The predicted octanol–water partition coefficient (Wildman–Crippen LogP) is 3.21. The summed E-state index contributed by atoms with van der Waals surface area (Å²) < 4.78 is 27.1. The van der Waals surface area contributed by atoms with E-state index in [-0.39, 0.29) is 16.7 Å². The molecule has 0 aliphatic rings. The minimum Gasteiger partial charge on any atom is -0.494 e. The maximum atomic E-state index is 12.4. The molecular weight excluding hydrogens is 378 g/mol. The number of aromatic nitrogens is 3. The quantitative estimate of drug-likeness (QED) is 0.450. The Morgan fingerprint density at radius 3 is 2.46 bits per heavy atom. The monoisotopic (exact) mass is 393 g/mol. The zero-order chi connectivity index (χ0) is 19.6. The maximum Gasteiger partial charge on any atom is 0.264 e. The van der Waals surface area contributed by atoms with Gasteiger partial charge in [0.05, 0.1) is 16.1 Å². The van der Waals surface area contributed by atoms with Crippen LogP contribution in [0.3, 0.4) is 0 Å². The molecule has 2 aromatic heterocycles. The number of rotatable bonds is 5. The first kappa shape index (κ1) is 17.7. The van der Waals surface area contributed by atoms with Crippen molar-refractivity contribution in [3.05, 3.63) is 72.6 Å². The molecule has 3 N–H and O–H groups in total. The van der Waals surface area contributed by atoms with Crippen LogP contribution in [0.5, 0.6) is 5.88 Å². The summed E-state index contributed by atoms with van der Waals surface area (Å²) >= 11 is 0. The van der Waals surface area contributed by atoms with Crippen molar-refractivity contribution >= 4 is 38.8 Å². The van der Waals surface area contributed by atoms with Crippen LogP contribution < -0.4 is 4.72 Å². The van der Waals surface area contributed by atoms with Crippen LogP contribution in [0.4, 0.5) is 11.6 Å². The molecule has 140 valence electrons. The second-order valence-corrected chi connectivity index (χ2v) is 7.55. The van der Waals surface area contributed by atoms with Crippen molar-refractivity contribution in [1.82, 2.24) is 15.0 Å². The second kappa shape index (κ2) is 7.12. The van der Waals surface area contributed by atoms with E-state index in [1.165, 1.54) is 30.7 Å². The van der Waals surface area contributed by atoms with E-state index in [1.807, 2.05) is 24.3 Å². The van der Waals surface area contributed by atoms with E-state index in [1.54, 1.807) is 18.2 Å². The maximum absolute atomic E-state index is 12.4. The highest BCUT2D eigenvalue weighted by Gasteiger charge is 2.15. The number of nitrogens with one attached hydrogen (secondary N) is 2. The number of fused-ring (bicyclic) bond motifs is 1. The Bertz CT molecular complexity index is 1250. The fourth-order valence-corrected chi connectivity index (χ4v) is 3.62. The number of hydrogen-bond acceptors (Lipinski definition) is 6. The summed E-state index contributed by atoms with van der Waals surface area (Å²) in [7, 11) is -3.80. The van der Waals surface area contributed by atoms with Crippen molar-refractivity contribution in [2.45, 2.75) is 4.90 Å². The number of sulfonamides is 1. The van der Waals surface area contributed by atoms with Gasteiger partial charge in [0.15, 0.2) is 5.88 Å². The molecule has 9 heteroatoms. The molecule has 4 aromatic rings. The average Bonchev–Trinajstić information content (AvgIpc) is 3.02. The molecule has 0 amide bonds. The van der Waals surface area contributed by atoms with Gasteiger partial charge in [0.1, 0.15) is 0 Å². The zero-order valence-electron chi connectivity index (χ0n) is 14.4. The van der Waals surface area contributed by atoms with E-state index in [0.29, 0.717) is 11.3 Å². The highest BCUT2D eigenvalue weighted by molar-refractivity contribution is 7.92. The number of hydrogen-bond donors (Lipinski definition) is 3. The van der Waals surface area contributed by atoms with E-state index in [4.69, 9.17) is 0 Å². The Morgan fingerprint density at radius 2 is 1.71 bits per heavy atom. The van der Waals surface area contributed by atoms with Gasteiger partial charge >= 0.3 is 0 Å². The summed E-state index contributed by atoms with van der Waals surface area (Å²) in [5.41, 5.74) is 1.91. The highest BCUT2D eigenvalue weighted by Crippen LogP contribution is 2.26. The molecule has 4 rings (SSSR count). The van der Waals surface area contributed by atoms with Gasteiger partial charge in [-0.25, -0.2) is 23.1 Å². The molecule has 0 bridgehead atoms. The normalized spacial score (nSPS) is 11.9. The lowest BCUT2D eigenvalue weighted by molar-refractivity contribution is 0.457. The van der Waals surface area contributed by atoms with Crippen LogP contribution in [0.25, 0.3) is 10.9 Å². The van der Waals surface area contributed by atoms with Crippen molar-refractivity contribution < 1.29 is 13.5 Å². The Balaban J connectivity index is 1.56. The first-order chi connectivity index (χ1) is 13.5. The summed E-state index contributed by atoms with van der Waals surface area (Å²) in [6, 6.07) is 15.1. The molecule has 0 saturated heterocycles. The lowest BCUT2D eigenvalue weighted by Gasteiger charge is -2.06. The van der Waals surface area contributed by atoms with Crippen molar-refractivity contribution in [2.75, 3.05) is 4.72 Å². The summed E-state index contributed by atoms with van der Waals surface area (Å²) in [5.74, 6) is 0.0237. The fourth-order valence-electron chi connectivity index (χ4n) is 2.66. The van der Waals surface area contributed by atoms with Crippen LogP contribution in [-0.4, -0.2) is 34.7 Å². The Labute approximate surface area is 160 Å². The number of aliphatic imine (C=N–C) groups is 1. The molecule has 0 spiro atoms. The number of aromatic amines is 1. The third-order valence-electron chi connectivity index (χ3n) is 4.01. The molecule has 2 aromatic carbocycles. The van der Waals surface area contributed by atoms with Crippen molar-refractivity contribution in [3.8, 4) is 5.88 Å². The van der Waals surface area contributed by atoms with Gasteiger partial charge in [-0.2, -0.15) is 0 Å². The van der Waals surface area contributed by atoms with Crippen LogP contribution in [0.2, 0.25) is 0 Å². The Hall–Kier alpha value is -3.72. The number of anilines is 1. The lowest BCUT2D eigenvalue weighted by Crippen LogP contribution is -2.14. The minimum absolute atomic E-state index is 0.000548. The molecule has 0 aliphatic heterocycles. The number of nitrogens with zero attached hydrogens (tertiary/aromatic N) is 3. The summed E-state index contributed by atoms with van der Waals surface area (Å²) in [4.78, 5) is 15.0. The molecule has 0 radical (unpaired) electrons. The third-order valence-corrected chi connectivity index (χ3v) is 5.35. The van der Waals surface area contributed by atoms with E-state index in [2.05, 4.69) is 24.7 Å². The number of H-pyrrole nitrogens is 1. The lowest BCUT2D eigenvalue weighted by atomic mass is 10.2. The van der Waals surface area contributed by atoms with Crippen LogP contribution in [0.1, 0.15) is 5.56 Å². The molecule has 0 fully saturated rings. The third kappa shape index (κ3) is 3.55. The van der Waals surface area contributed by atoms with Gasteiger partial charge in [-0.1, -0.05) is 18.2 Å². The SMILES string of the molecule is O=S(=O)(Nc1ncccn1)c1ccc(N=Cc2c(O)[nH]c3ccccc23)cc1. The largest absolute Gasteiger partial charge is 0.494 e. The highest BCUT2D eigenvalue weighted by atomic mass is 32.2. The Morgan fingerprint density at radius 1 is 1.00 bits per heavy atom. The molecule has 0 atom stereocenters. The van der Waals surface area contributed by atoms with Crippen molar-refractivity contribution in [2.24, 2.45) is 4.99 Å². The zero-order valence-corrected chi connectivity index (χ0v) is 15.3. The van der Waals surface area contributed by atoms with Crippen molar-refractivity contribution in [3.63, 3.8) is 0 Å². The standard InChI is InChI=1S/C19H15N5O3S/c25-18-16(15-4-1-2-5-17(15)23-18)12-22-13-6-8-14(9-7-13)28(26,27)24-19-20-10-3-11-21-19/h1-12,23,25H,(H,20,21,24). The second-order valence-electron chi connectivity index (χ2n) is 5.86. The first-order valence-corrected chi connectivity index (χ1v) is 9.75. The number of benzene rings is 2. The minimum atomic E-state index is -3.80. The van der Waals surface area contributed by atoms with Crippen LogP contribution in [-0.2, 0) is 10.0 Å². The van der Waals surface area contributed by atoms with E-state index in [9.17, 15) is 13.5 Å². The number of aromatic hydroxyl groups is 1. The van der Waals surface area contributed by atoms with Crippen LogP contribution in [0.15, 0.2) is 76.9 Å². The van der Waals surface area contributed by atoms with Gasteiger partial charge in [0.25, 0.3) is 10.0 Å². The topological polar surface area (TPSA) is 120 Å². The van der Waals surface area contributed by atoms with Gasteiger partial charge in [0, 0.05) is 29.5 Å². The predicted molar refractivity (Wildman–Crippen MR) is 106 cm³/mol. The summed E-state index contributed by atoms with van der Waals surface area (Å²) in [6.45, 7) is 0. The van der Waals surface area contributed by atoms with Gasteiger partial charge in [-0.15, -0.1) is 0 Å². The summed E-state index contributed by atoms with van der Waals surface area (Å²) in [6.07, 6.45) is 4.43. The van der Waals surface area contributed by atoms with Gasteiger partial charge in [-0.05, 0) is 36.4 Å². The Kier molecular flexibility index (Phi) is 4.50. The van der Waals surface area contributed by atoms with Crippen LogP contribution >= 0.6 is 0 Å². The molecule has 0 aliphatic carbocycles. The molecule has 8 nitrogen and oxygen atoms in total. The molecular formula is C19H15N5O3S. The number of para-hydroxylation sites is 1. The summed E-state index contributed by atoms with van der Waals surface area (Å²) in [5, 5.41) is 10.9. The van der Waals surface area contributed by atoms with Gasteiger partial charge in [-0.3, -0.25) is 4.99 Å². The molecule has 2 heterocycles. The fraction of sp³-hybridized carbons (Fsp3) is 0. The smallest absolute Gasteiger partial charge is 0.264 e. The first-order valence-electron chi connectivity index (χ1n) is 8.26. The van der Waals surface area contributed by atoms with Gasteiger partial charge < -0.3 is 10.1 Å². The van der Waals surface area contributed by atoms with E-state index >= 15 is 0 Å². The molecule has 0 unspecified atom stereocenters. The molecule has 28 heavy (non-hydrogen) atoms. The van der Waals surface area contributed by atoms with E-state index in [0.717, 1.165) is 10.9 Å². The van der Waals surface area contributed by atoms with Crippen LogP contribution in [0, 0.1) is 0 Å². The molecule has 0 saturated carbocycles. The van der Waals surface area contributed by atoms with E-state index < -0.39 is 10.0 Å².